The van der Waals surface area contributed by atoms with E-state index >= 15 is 0 Å². The Kier molecular flexibility index (Phi) is 3.24. The minimum atomic E-state index is -0.184. The van der Waals surface area contributed by atoms with E-state index in [-0.39, 0.29) is 5.97 Å². The van der Waals surface area contributed by atoms with Gasteiger partial charge < -0.3 is 4.74 Å². The third-order valence-corrected chi connectivity index (χ3v) is 2.41. The lowest BCUT2D eigenvalue weighted by molar-refractivity contribution is -0.136. The maximum atomic E-state index is 11.2. The van der Waals surface area contributed by atoms with Gasteiger partial charge in [-0.2, -0.15) is 0 Å². The Morgan fingerprint density at radius 3 is 2.83 bits per heavy atom. The summed E-state index contributed by atoms with van der Waals surface area (Å²) in [6.45, 7) is 3.62. The van der Waals surface area contributed by atoms with E-state index < -0.39 is 0 Å². The molecule has 1 aliphatic heterocycles. The van der Waals surface area contributed by atoms with Gasteiger partial charge in [-0.15, -0.1) is 0 Å². The third-order valence-electron chi connectivity index (χ3n) is 2.04. The number of rotatable bonds is 2. The second-order valence-corrected chi connectivity index (χ2v) is 3.56. The normalized spacial score (nSPS) is 18.6. The summed E-state index contributed by atoms with van der Waals surface area (Å²) >= 11 is 0. The van der Waals surface area contributed by atoms with E-state index in [4.69, 9.17) is 0 Å². The van der Waals surface area contributed by atoms with Crippen LogP contribution in [0, 0.1) is 0 Å². The first-order chi connectivity index (χ1) is 5.69. The fraction of sp³-hybridized carbons (Fsp3) is 0.625. The highest BCUT2D eigenvalue weighted by atomic mass is 31.0. The van der Waals surface area contributed by atoms with E-state index in [1.54, 1.807) is 0 Å². The Morgan fingerprint density at radius 2 is 2.33 bits per heavy atom. The molecule has 0 bridgehead atoms. The van der Waals surface area contributed by atoms with E-state index in [2.05, 4.69) is 21.1 Å². The molecule has 1 aliphatic rings. The van der Waals surface area contributed by atoms with Crippen molar-refractivity contribution in [2.24, 2.45) is 0 Å². The molecule has 0 saturated carbocycles. The highest BCUT2D eigenvalue weighted by molar-refractivity contribution is 7.13. The maximum absolute atomic E-state index is 11.2. The van der Waals surface area contributed by atoms with Crippen LogP contribution in [0.25, 0.3) is 0 Å². The topological polar surface area (TPSA) is 29.5 Å². The van der Waals surface area contributed by atoms with Crippen molar-refractivity contribution in [2.45, 2.75) is 13.3 Å². The second-order valence-electron chi connectivity index (χ2n) is 2.83. The Balaban J connectivity index is 2.77. The van der Waals surface area contributed by atoms with E-state index in [1.165, 1.54) is 12.7 Å². The molecule has 68 valence electrons. The number of ether oxygens (including phenoxy) is 1. The van der Waals surface area contributed by atoms with Crippen LogP contribution in [0.15, 0.2) is 11.1 Å². The first kappa shape index (κ1) is 9.69. The molecule has 0 N–H and O–H groups in total. The summed E-state index contributed by atoms with van der Waals surface area (Å²) in [5.41, 5.74) is 2.02. The van der Waals surface area contributed by atoms with Crippen LogP contribution in [-0.2, 0) is 9.53 Å². The molecule has 1 atom stereocenters. The Hall–Kier alpha value is -0.400. The van der Waals surface area contributed by atoms with Crippen molar-refractivity contribution < 1.29 is 9.53 Å². The lowest BCUT2D eigenvalue weighted by atomic mass is 10.1. The van der Waals surface area contributed by atoms with E-state index in [0.717, 1.165) is 18.5 Å². The summed E-state index contributed by atoms with van der Waals surface area (Å²) in [5, 5.41) is 0. The fourth-order valence-corrected chi connectivity index (χ4v) is 1.77. The molecule has 0 fully saturated rings. The van der Waals surface area contributed by atoms with Gasteiger partial charge in [0.05, 0.1) is 12.7 Å². The molecular weight excluding hydrogens is 173 g/mol. The van der Waals surface area contributed by atoms with Gasteiger partial charge in [0, 0.05) is 13.1 Å². The average molecular weight is 187 g/mol. The summed E-state index contributed by atoms with van der Waals surface area (Å²) < 4.78 is 6.71. The molecule has 1 rings (SSSR count). The smallest absolute Gasteiger partial charge is 0.335 e. The van der Waals surface area contributed by atoms with Crippen molar-refractivity contribution in [1.29, 1.82) is 0 Å². The van der Waals surface area contributed by atoms with Crippen LogP contribution in [0.4, 0.5) is 0 Å². The van der Waals surface area contributed by atoms with Crippen molar-refractivity contribution in [3.63, 3.8) is 0 Å². The van der Waals surface area contributed by atoms with Crippen molar-refractivity contribution in [2.75, 3.05) is 20.2 Å². The molecule has 1 heterocycles. The molecule has 1 unspecified atom stereocenters. The number of methoxy groups -OCH3 is 1. The zero-order chi connectivity index (χ0) is 9.14. The molecule has 0 aromatic carbocycles. The van der Waals surface area contributed by atoms with Crippen molar-refractivity contribution in [3.05, 3.63) is 11.1 Å². The molecule has 3 nitrogen and oxygen atoms in total. The first-order valence-corrected chi connectivity index (χ1v) is 4.49. The van der Waals surface area contributed by atoms with Crippen LogP contribution in [0.2, 0.25) is 0 Å². The molecule has 4 heteroatoms. The largest absolute Gasteiger partial charge is 0.466 e. The molecule has 0 radical (unpaired) electrons. The van der Waals surface area contributed by atoms with Crippen LogP contribution in [0.3, 0.4) is 0 Å². The molecule has 0 aromatic heterocycles. The first-order valence-electron chi connectivity index (χ1n) is 3.97. The number of hydrogen-bond acceptors (Lipinski definition) is 3. The number of carbonyl (C=O) groups excluding carboxylic acids is 1. The monoisotopic (exact) mass is 187 g/mol. The van der Waals surface area contributed by atoms with E-state index in [0.29, 0.717) is 6.54 Å². The minimum Gasteiger partial charge on any atom is -0.466 e. The van der Waals surface area contributed by atoms with Crippen LogP contribution in [0.5, 0.6) is 0 Å². The Bertz CT molecular complexity index is 225. The maximum Gasteiger partial charge on any atom is 0.335 e. The fourth-order valence-electron chi connectivity index (χ4n) is 1.37. The zero-order valence-corrected chi connectivity index (χ0v) is 8.62. The molecular formula is C8H14NO2P. The van der Waals surface area contributed by atoms with E-state index in [1.807, 2.05) is 4.67 Å². The van der Waals surface area contributed by atoms with Gasteiger partial charge in [-0.1, -0.05) is 16.3 Å². The summed E-state index contributed by atoms with van der Waals surface area (Å²) in [5.74, 6) is -0.184. The van der Waals surface area contributed by atoms with Gasteiger partial charge in [-0.3, -0.25) is 4.67 Å². The van der Waals surface area contributed by atoms with E-state index in [9.17, 15) is 4.79 Å². The molecule has 12 heavy (non-hydrogen) atoms. The van der Waals surface area contributed by atoms with Gasteiger partial charge in [-0.25, -0.2) is 4.79 Å². The van der Waals surface area contributed by atoms with Crippen LogP contribution >= 0.6 is 9.39 Å². The van der Waals surface area contributed by atoms with Gasteiger partial charge in [0.15, 0.2) is 0 Å². The summed E-state index contributed by atoms with van der Waals surface area (Å²) in [6, 6.07) is 0. The molecule has 0 amide bonds. The Labute approximate surface area is 75.0 Å². The lowest BCUT2D eigenvalue weighted by Gasteiger charge is -2.05. The molecule has 0 spiro atoms. The average Bonchev–Trinajstić information content (AvgIpc) is 2.45. The van der Waals surface area contributed by atoms with Crippen molar-refractivity contribution in [1.82, 2.24) is 4.67 Å². The SMILES string of the molecule is CCC1=C(C(=O)OC)CN(P)C1. The van der Waals surface area contributed by atoms with Gasteiger partial charge >= 0.3 is 5.97 Å². The second kappa shape index (κ2) is 4.01. The molecule has 0 saturated heterocycles. The highest BCUT2D eigenvalue weighted by Crippen LogP contribution is 2.23. The Morgan fingerprint density at radius 1 is 1.67 bits per heavy atom. The van der Waals surface area contributed by atoms with Crippen molar-refractivity contribution >= 4 is 15.4 Å². The predicted octanol–water partition coefficient (Wildman–Crippen LogP) is 0.972. The quantitative estimate of drug-likeness (QED) is 0.476. The number of carbonyl (C=O) groups is 1. The molecule has 0 aromatic rings. The summed E-state index contributed by atoms with van der Waals surface area (Å²) in [4.78, 5) is 11.2. The van der Waals surface area contributed by atoms with Gasteiger partial charge in [0.1, 0.15) is 0 Å². The highest BCUT2D eigenvalue weighted by Gasteiger charge is 2.23. The minimum absolute atomic E-state index is 0.184. The molecule has 0 aliphatic carbocycles. The number of nitrogens with zero attached hydrogens (tertiary/aromatic N) is 1. The lowest BCUT2D eigenvalue weighted by Crippen LogP contribution is -2.11. The van der Waals surface area contributed by atoms with Crippen LogP contribution < -0.4 is 0 Å². The van der Waals surface area contributed by atoms with Crippen molar-refractivity contribution in [3.8, 4) is 0 Å². The number of hydrogen-bond donors (Lipinski definition) is 0. The van der Waals surface area contributed by atoms with Gasteiger partial charge in [0.25, 0.3) is 0 Å². The van der Waals surface area contributed by atoms with Crippen LogP contribution in [0.1, 0.15) is 13.3 Å². The number of esters is 1. The predicted molar refractivity (Wildman–Crippen MR) is 50.6 cm³/mol. The third kappa shape index (κ3) is 1.85. The van der Waals surface area contributed by atoms with Gasteiger partial charge in [0.2, 0.25) is 0 Å². The van der Waals surface area contributed by atoms with Crippen LogP contribution in [-0.4, -0.2) is 30.8 Å². The summed E-state index contributed by atoms with van der Waals surface area (Å²) in [6.07, 6.45) is 0.926. The summed E-state index contributed by atoms with van der Waals surface area (Å²) in [7, 11) is 4.02. The zero-order valence-electron chi connectivity index (χ0n) is 7.46. The van der Waals surface area contributed by atoms with Gasteiger partial charge in [-0.05, 0) is 12.0 Å². The standard InChI is InChI=1S/C8H14NO2P/c1-3-6-4-9(12)5-7(6)8(10)11-2/h3-5,12H2,1-2H3.